The molecule has 1 heterocycles. The van der Waals surface area contributed by atoms with Gasteiger partial charge in [0.15, 0.2) is 5.13 Å². The molecule has 3 rings (SSSR count). The minimum atomic E-state index is -4.50. The van der Waals surface area contributed by atoms with Crippen LogP contribution < -0.4 is 10.5 Å². The van der Waals surface area contributed by atoms with Gasteiger partial charge >= 0.3 is 6.18 Å². The summed E-state index contributed by atoms with van der Waals surface area (Å²) in [6.07, 6.45) is -4.50. The molecule has 2 N–H and O–H groups in total. The fraction of sp³-hybridized carbons (Fsp3) is 0.0588. The molecule has 0 saturated carbocycles. The van der Waals surface area contributed by atoms with E-state index in [2.05, 4.69) is 4.98 Å². The molecule has 0 aliphatic heterocycles. The Labute approximate surface area is 155 Å². The van der Waals surface area contributed by atoms with Crippen molar-refractivity contribution >= 4 is 28.1 Å². The van der Waals surface area contributed by atoms with Gasteiger partial charge in [-0.25, -0.2) is 4.98 Å². The smallest absolute Gasteiger partial charge is 0.416 e. The standard InChI is InChI=1S/C17H9ClF3N3OS/c18-12-7-11(17(19,20)21)4-5-13(12)25-15-14(24-16(23)26-15)10-3-1-2-9(6-10)8-22/h1-7H,(H2,23,24). The number of nitriles is 1. The molecular weight excluding hydrogens is 387 g/mol. The molecule has 0 saturated heterocycles. The molecule has 0 aliphatic rings. The quantitative estimate of drug-likeness (QED) is 0.614. The van der Waals surface area contributed by atoms with Crippen LogP contribution in [-0.4, -0.2) is 4.98 Å². The highest BCUT2D eigenvalue weighted by Crippen LogP contribution is 2.42. The van der Waals surface area contributed by atoms with E-state index in [9.17, 15) is 13.2 Å². The maximum Gasteiger partial charge on any atom is 0.416 e. The van der Waals surface area contributed by atoms with Crippen LogP contribution in [0.1, 0.15) is 11.1 Å². The molecule has 4 nitrogen and oxygen atoms in total. The monoisotopic (exact) mass is 395 g/mol. The van der Waals surface area contributed by atoms with E-state index in [1.165, 1.54) is 0 Å². The third kappa shape index (κ3) is 3.74. The van der Waals surface area contributed by atoms with Crippen LogP contribution >= 0.6 is 22.9 Å². The fourth-order valence-corrected chi connectivity index (χ4v) is 3.11. The van der Waals surface area contributed by atoms with E-state index in [0.717, 1.165) is 29.5 Å². The zero-order valence-corrected chi connectivity index (χ0v) is 14.4. The minimum absolute atomic E-state index is 0.0426. The van der Waals surface area contributed by atoms with Crippen LogP contribution in [0, 0.1) is 11.3 Å². The van der Waals surface area contributed by atoms with Crippen LogP contribution in [-0.2, 0) is 6.18 Å². The molecule has 9 heteroatoms. The van der Waals surface area contributed by atoms with Crippen LogP contribution in [0.15, 0.2) is 42.5 Å². The molecule has 0 fully saturated rings. The molecule has 0 unspecified atom stereocenters. The first-order valence-corrected chi connectivity index (χ1v) is 8.29. The highest BCUT2D eigenvalue weighted by atomic mass is 35.5. The van der Waals surface area contributed by atoms with Crippen molar-refractivity contribution < 1.29 is 17.9 Å². The molecule has 132 valence electrons. The molecule has 3 aromatic rings. The van der Waals surface area contributed by atoms with Crippen molar-refractivity contribution in [2.24, 2.45) is 0 Å². The molecule has 0 aliphatic carbocycles. The zero-order chi connectivity index (χ0) is 18.9. The number of thiazole rings is 1. The summed E-state index contributed by atoms with van der Waals surface area (Å²) in [6, 6.07) is 11.5. The van der Waals surface area contributed by atoms with Gasteiger partial charge in [-0.15, -0.1) is 0 Å². The predicted octanol–water partition coefficient (Wildman–Crippen LogP) is 5.73. The van der Waals surface area contributed by atoms with Gasteiger partial charge in [-0.1, -0.05) is 35.1 Å². The number of rotatable bonds is 3. The van der Waals surface area contributed by atoms with Gasteiger partial charge in [-0.2, -0.15) is 18.4 Å². The number of ether oxygens (including phenoxy) is 1. The normalized spacial score (nSPS) is 11.2. The lowest BCUT2D eigenvalue weighted by molar-refractivity contribution is -0.137. The summed E-state index contributed by atoms with van der Waals surface area (Å²) in [5.74, 6) is 0.0426. The maximum atomic E-state index is 12.7. The van der Waals surface area contributed by atoms with E-state index in [1.807, 2.05) is 6.07 Å². The SMILES string of the molecule is N#Cc1cccc(-c2nc(N)sc2Oc2ccc(C(F)(F)F)cc2Cl)c1. The highest BCUT2D eigenvalue weighted by molar-refractivity contribution is 7.17. The fourth-order valence-electron chi connectivity index (χ4n) is 2.17. The first-order valence-electron chi connectivity index (χ1n) is 7.09. The molecule has 0 spiro atoms. The summed E-state index contributed by atoms with van der Waals surface area (Å²) in [6.45, 7) is 0. The Kier molecular flexibility index (Phi) is 4.76. The summed E-state index contributed by atoms with van der Waals surface area (Å²) in [5, 5.41) is 9.29. The highest BCUT2D eigenvalue weighted by Gasteiger charge is 2.31. The summed E-state index contributed by atoms with van der Waals surface area (Å²) in [7, 11) is 0. The van der Waals surface area contributed by atoms with Gasteiger partial charge in [0.1, 0.15) is 11.4 Å². The van der Waals surface area contributed by atoms with Crippen molar-refractivity contribution in [2.75, 3.05) is 5.73 Å². The van der Waals surface area contributed by atoms with Gasteiger partial charge < -0.3 is 10.5 Å². The first-order chi connectivity index (χ1) is 12.3. The average Bonchev–Trinajstić information content (AvgIpc) is 2.96. The largest absolute Gasteiger partial charge is 0.443 e. The molecule has 26 heavy (non-hydrogen) atoms. The number of anilines is 1. The van der Waals surface area contributed by atoms with Gasteiger partial charge in [-0.3, -0.25) is 0 Å². The van der Waals surface area contributed by atoms with E-state index in [0.29, 0.717) is 16.8 Å². The van der Waals surface area contributed by atoms with Crippen LogP contribution in [0.5, 0.6) is 10.8 Å². The second-order valence-electron chi connectivity index (χ2n) is 5.13. The van der Waals surface area contributed by atoms with Crippen LogP contribution in [0.3, 0.4) is 0 Å². The van der Waals surface area contributed by atoms with Gasteiger partial charge in [0, 0.05) is 5.56 Å². The molecular formula is C17H9ClF3N3OS. The molecule has 0 atom stereocenters. The maximum absolute atomic E-state index is 12.7. The van der Waals surface area contributed by atoms with Crippen LogP contribution in [0.4, 0.5) is 18.3 Å². The Hall–Kier alpha value is -2.76. The van der Waals surface area contributed by atoms with Crippen molar-refractivity contribution in [3.8, 4) is 28.1 Å². The Bertz CT molecular complexity index is 1010. The number of nitrogen functional groups attached to an aromatic ring is 1. The second-order valence-corrected chi connectivity index (χ2v) is 6.53. The van der Waals surface area contributed by atoms with Crippen molar-refractivity contribution in [1.82, 2.24) is 4.98 Å². The first kappa shape index (κ1) is 18.0. The number of alkyl halides is 3. The molecule has 2 aromatic carbocycles. The van der Waals surface area contributed by atoms with Crippen molar-refractivity contribution in [3.63, 3.8) is 0 Å². The lowest BCUT2D eigenvalue weighted by Crippen LogP contribution is -2.04. The number of hydrogen-bond donors (Lipinski definition) is 1. The van der Waals surface area contributed by atoms with E-state index in [-0.39, 0.29) is 21.0 Å². The van der Waals surface area contributed by atoms with E-state index >= 15 is 0 Å². The molecule has 1 aromatic heterocycles. The summed E-state index contributed by atoms with van der Waals surface area (Å²) in [5.41, 5.74) is 6.26. The lowest BCUT2D eigenvalue weighted by Gasteiger charge is -2.11. The Morgan fingerprint density at radius 3 is 2.62 bits per heavy atom. The van der Waals surface area contributed by atoms with Crippen molar-refractivity contribution in [2.45, 2.75) is 6.18 Å². The Morgan fingerprint density at radius 1 is 1.19 bits per heavy atom. The molecule has 0 amide bonds. The number of aromatic nitrogens is 1. The summed E-state index contributed by atoms with van der Waals surface area (Å²) < 4.78 is 43.9. The third-order valence-electron chi connectivity index (χ3n) is 3.34. The minimum Gasteiger partial charge on any atom is -0.443 e. The average molecular weight is 396 g/mol. The van der Waals surface area contributed by atoms with Gasteiger partial charge in [0.2, 0.25) is 5.06 Å². The van der Waals surface area contributed by atoms with E-state index < -0.39 is 11.7 Å². The second kappa shape index (κ2) is 6.86. The predicted molar refractivity (Wildman–Crippen MR) is 93.2 cm³/mol. The van der Waals surface area contributed by atoms with Gasteiger partial charge in [0.05, 0.1) is 22.2 Å². The Balaban J connectivity index is 1.98. The van der Waals surface area contributed by atoms with E-state index in [1.54, 1.807) is 24.3 Å². The lowest BCUT2D eigenvalue weighted by atomic mass is 10.1. The third-order valence-corrected chi connectivity index (χ3v) is 4.40. The van der Waals surface area contributed by atoms with Gasteiger partial charge in [-0.05, 0) is 30.3 Å². The number of halogens is 4. The number of hydrogen-bond acceptors (Lipinski definition) is 5. The molecule has 0 radical (unpaired) electrons. The zero-order valence-electron chi connectivity index (χ0n) is 12.8. The van der Waals surface area contributed by atoms with Crippen molar-refractivity contribution in [1.29, 1.82) is 5.26 Å². The summed E-state index contributed by atoms with van der Waals surface area (Å²) in [4.78, 5) is 4.18. The van der Waals surface area contributed by atoms with Gasteiger partial charge in [0.25, 0.3) is 0 Å². The Morgan fingerprint density at radius 2 is 1.96 bits per heavy atom. The van der Waals surface area contributed by atoms with Crippen molar-refractivity contribution in [3.05, 3.63) is 58.6 Å². The number of nitrogens with zero attached hydrogens (tertiary/aromatic N) is 2. The topological polar surface area (TPSA) is 71.9 Å². The van der Waals surface area contributed by atoms with Crippen LogP contribution in [0.25, 0.3) is 11.3 Å². The number of benzene rings is 2. The molecule has 0 bridgehead atoms. The number of nitrogens with two attached hydrogens (primary N) is 1. The van der Waals surface area contributed by atoms with E-state index in [4.69, 9.17) is 27.3 Å². The summed E-state index contributed by atoms with van der Waals surface area (Å²) >= 11 is 6.94. The van der Waals surface area contributed by atoms with Crippen LogP contribution in [0.2, 0.25) is 5.02 Å².